The number of nitrogens with zero attached hydrogens (tertiary/aromatic N) is 1. The van der Waals surface area contributed by atoms with Gasteiger partial charge in [0, 0.05) is 0 Å². The van der Waals surface area contributed by atoms with Crippen molar-refractivity contribution in [2.24, 2.45) is 11.1 Å². The first-order chi connectivity index (χ1) is 3.48. The quantitative estimate of drug-likeness (QED) is 0.563. The predicted molar refractivity (Wildman–Crippen MR) is 40.3 cm³/mol. The van der Waals surface area contributed by atoms with Crippen molar-refractivity contribution >= 4 is 12.4 Å². The first kappa shape index (κ1) is 11.5. The molecule has 0 saturated heterocycles. The van der Waals surface area contributed by atoms with Crippen LogP contribution in [0.5, 0.6) is 0 Å². The zero-order valence-electron chi connectivity index (χ0n) is 6.01. The van der Waals surface area contributed by atoms with Crippen molar-refractivity contribution in [2.45, 2.75) is 26.8 Å². The smallest absolute Gasteiger partial charge is 0.0976 e. The van der Waals surface area contributed by atoms with Crippen LogP contribution >= 0.6 is 12.4 Å². The molecule has 2 nitrogen and oxygen atoms in total. The van der Waals surface area contributed by atoms with Crippen LogP contribution in [-0.2, 0) is 0 Å². The van der Waals surface area contributed by atoms with E-state index in [1.165, 1.54) is 0 Å². The summed E-state index contributed by atoms with van der Waals surface area (Å²) in [7, 11) is 0. The lowest BCUT2D eigenvalue weighted by Crippen LogP contribution is -2.33. The molecule has 1 atom stereocenters. The fourth-order valence-electron chi connectivity index (χ4n) is 0.194. The minimum absolute atomic E-state index is 0. The summed E-state index contributed by atoms with van der Waals surface area (Å²) in [5.74, 6) is 0. The highest BCUT2D eigenvalue weighted by molar-refractivity contribution is 5.85. The Morgan fingerprint density at radius 1 is 1.44 bits per heavy atom. The second-order valence-electron chi connectivity index (χ2n) is 2.97. The third-order valence-corrected chi connectivity index (χ3v) is 1.07. The van der Waals surface area contributed by atoms with Gasteiger partial charge in [0.25, 0.3) is 0 Å². The van der Waals surface area contributed by atoms with Gasteiger partial charge < -0.3 is 5.73 Å². The van der Waals surface area contributed by atoms with Gasteiger partial charge in [-0.05, 0) is 5.41 Å². The van der Waals surface area contributed by atoms with E-state index < -0.39 is 0 Å². The Labute approximate surface area is 62.4 Å². The van der Waals surface area contributed by atoms with Crippen LogP contribution in [0.1, 0.15) is 20.8 Å². The zero-order valence-corrected chi connectivity index (χ0v) is 6.83. The van der Waals surface area contributed by atoms with E-state index in [9.17, 15) is 0 Å². The lowest BCUT2D eigenvalue weighted by molar-refractivity contribution is 0.372. The summed E-state index contributed by atoms with van der Waals surface area (Å²) < 4.78 is 0. The van der Waals surface area contributed by atoms with Crippen LogP contribution in [0, 0.1) is 16.7 Å². The fourth-order valence-corrected chi connectivity index (χ4v) is 0.194. The highest BCUT2D eigenvalue weighted by Gasteiger charge is 2.19. The number of nitriles is 1. The highest BCUT2D eigenvalue weighted by atomic mass is 35.5. The lowest BCUT2D eigenvalue weighted by atomic mass is 9.89. The van der Waals surface area contributed by atoms with Crippen molar-refractivity contribution in [1.29, 1.82) is 5.26 Å². The Morgan fingerprint density at radius 2 is 1.78 bits per heavy atom. The maximum absolute atomic E-state index is 8.30. The van der Waals surface area contributed by atoms with Crippen molar-refractivity contribution in [1.82, 2.24) is 0 Å². The minimum atomic E-state index is -0.345. The molecule has 9 heavy (non-hydrogen) atoms. The fraction of sp³-hybridized carbons (Fsp3) is 0.833. The van der Waals surface area contributed by atoms with Gasteiger partial charge in [-0.1, -0.05) is 20.8 Å². The zero-order chi connectivity index (χ0) is 6.78. The first-order valence-corrected chi connectivity index (χ1v) is 2.63. The summed E-state index contributed by atoms with van der Waals surface area (Å²) in [6, 6.07) is 1.64. The molecule has 0 aromatic carbocycles. The van der Waals surface area contributed by atoms with E-state index in [-0.39, 0.29) is 23.9 Å². The Morgan fingerprint density at radius 3 is 1.78 bits per heavy atom. The van der Waals surface area contributed by atoms with Crippen molar-refractivity contribution in [2.75, 3.05) is 0 Å². The molecule has 0 rings (SSSR count). The minimum Gasteiger partial charge on any atom is -0.315 e. The molecule has 54 valence electrons. The summed E-state index contributed by atoms with van der Waals surface area (Å²) >= 11 is 0. The molecule has 0 aliphatic heterocycles. The van der Waals surface area contributed by atoms with Gasteiger partial charge in [0.2, 0.25) is 0 Å². The van der Waals surface area contributed by atoms with Crippen LogP contribution in [0.3, 0.4) is 0 Å². The number of halogens is 1. The van der Waals surface area contributed by atoms with Crippen LogP contribution in [0.25, 0.3) is 0 Å². The number of nitrogens with two attached hydrogens (primary N) is 1. The number of hydrogen-bond donors (Lipinski definition) is 1. The molecule has 0 spiro atoms. The van der Waals surface area contributed by atoms with Gasteiger partial charge in [0.15, 0.2) is 0 Å². The molecule has 0 unspecified atom stereocenters. The molecular weight excluding hydrogens is 136 g/mol. The molecule has 0 aliphatic carbocycles. The monoisotopic (exact) mass is 148 g/mol. The van der Waals surface area contributed by atoms with Gasteiger partial charge >= 0.3 is 0 Å². The van der Waals surface area contributed by atoms with Crippen LogP contribution in [0.2, 0.25) is 0 Å². The third kappa shape index (κ3) is 4.26. The maximum atomic E-state index is 8.30. The molecule has 0 heterocycles. The van der Waals surface area contributed by atoms with Crippen molar-refractivity contribution in [3.63, 3.8) is 0 Å². The molecule has 0 aromatic rings. The average molecular weight is 149 g/mol. The molecule has 0 aromatic heterocycles. The molecule has 0 amide bonds. The molecule has 0 bridgehead atoms. The predicted octanol–water partition coefficient (Wildman–Crippen LogP) is 1.31. The summed E-state index contributed by atoms with van der Waals surface area (Å²) in [5.41, 5.74) is 5.31. The van der Waals surface area contributed by atoms with E-state index in [4.69, 9.17) is 11.0 Å². The summed E-state index contributed by atoms with van der Waals surface area (Å²) in [4.78, 5) is 0. The molecule has 0 fully saturated rings. The summed E-state index contributed by atoms with van der Waals surface area (Å²) in [6.45, 7) is 5.84. The third-order valence-electron chi connectivity index (χ3n) is 1.07. The Balaban J connectivity index is 0. The van der Waals surface area contributed by atoms with E-state index in [0.717, 1.165) is 0 Å². The Bertz CT molecular complexity index is 109. The van der Waals surface area contributed by atoms with E-state index >= 15 is 0 Å². The molecule has 0 saturated carbocycles. The largest absolute Gasteiger partial charge is 0.315 e. The van der Waals surface area contributed by atoms with E-state index in [0.29, 0.717) is 0 Å². The topological polar surface area (TPSA) is 49.8 Å². The molecule has 2 N–H and O–H groups in total. The van der Waals surface area contributed by atoms with E-state index in [1.807, 2.05) is 26.8 Å². The summed E-state index contributed by atoms with van der Waals surface area (Å²) in [6.07, 6.45) is 0. The van der Waals surface area contributed by atoms with Gasteiger partial charge in [-0.25, -0.2) is 0 Å². The standard InChI is InChI=1S/C6H12N2.ClH/c1-6(2,3)5(8)4-7;/h5H,8H2,1-3H3;1H/t5-;/m1./s1. The summed E-state index contributed by atoms with van der Waals surface area (Å²) in [5, 5.41) is 8.30. The van der Waals surface area contributed by atoms with Crippen molar-refractivity contribution < 1.29 is 0 Å². The lowest BCUT2D eigenvalue weighted by Gasteiger charge is -2.19. The van der Waals surface area contributed by atoms with Gasteiger partial charge in [-0.2, -0.15) is 5.26 Å². The van der Waals surface area contributed by atoms with E-state index in [1.54, 1.807) is 0 Å². The molecule has 3 heteroatoms. The second-order valence-corrected chi connectivity index (χ2v) is 2.97. The number of hydrogen-bond acceptors (Lipinski definition) is 2. The molecule has 0 radical (unpaired) electrons. The second kappa shape index (κ2) is 3.71. The SMILES string of the molecule is CC(C)(C)[C@H](N)C#N.Cl. The van der Waals surface area contributed by atoms with Gasteiger partial charge in [-0.3, -0.25) is 0 Å². The van der Waals surface area contributed by atoms with Gasteiger partial charge in [-0.15, -0.1) is 12.4 Å². The Hall–Kier alpha value is -0.260. The Kier molecular flexibility index (Phi) is 4.75. The highest BCUT2D eigenvalue weighted by Crippen LogP contribution is 2.15. The first-order valence-electron chi connectivity index (χ1n) is 2.63. The van der Waals surface area contributed by atoms with Crippen LogP contribution in [-0.4, -0.2) is 6.04 Å². The van der Waals surface area contributed by atoms with Gasteiger partial charge in [0.05, 0.1) is 12.1 Å². The van der Waals surface area contributed by atoms with Crippen LogP contribution in [0.4, 0.5) is 0 Å². The van der Waals surface area contributed by atoms with Crippen molar-refractivity contribution in [3.05, 3.63) is 0 Å². The van der Waals surface area contributed by atoms with Gasteiger partial charge in [0.1, 0.15) is 0 Å². The average Bonchev–Trinajstić information content (AvgIpc) is 1.62. The van der Waals surface area contributed by atoms with Crippen LogP contribution in [0.15, 0.2) is 0 Å². The number of rotatable bonds is 0. The normalized spacial score (nSPS) is 13.2. The maximum Gasteiger partial charge on any atom is 0.0976 e. The molecular formula is C6H13ClN2. The van der Waals surface area contributed by atoms with E-state index in [2.05, 4.69) is 0 Å². The van der Waals surface area contributed by atoms with Crippen molar-refractivity contribution in [3.8, 4) is 6.07 Å². The molecule has 0 aliphatic rings. The van der Waals surface area contributed by atoms with Crippen LogP contribution < -0.4 is 5.73 Å².